The van der Waals surface area contributed by atoms with Gasteiger partial charge in [0.15, 0.2) is 0 Å². The summed E-state index contributed by atoms with van der Waals surface area (Å²) in [5, 5.41) is 9.35. The van der Waals surface area contributed by atoms with Crippen molar-refractivity contribution in [3.63, 3.8) is 0 Å². The minimum absolute atomic E-state index is 0.0372. The second-order valence-electron chi connectivity index (χ2n) is 4.55. The van der Waals surface area contributed by atoms with Gasteiger partial charge in [-0.2, -0.15) is 0 Å². The van der Waals surface area contributed by atoms with Gasteiger partial charge in [-0.05, 0) is 36.2 Å². The highest BCUT2D eigenvalue weighted by atomic mass is 32.2. The van der Waals surface area contributed by atoms with Gasteiger partial charge >= 0.3 is 0 Å². The Morgan fingerprint density at radius 3 is 2.40 bits per heavy atom. The largest absolute Gasteiger partial charge is 0.508 e. The first kappa shape index (κ1) is 14.4. The molecule has 0 aliphatic rings. The average molecular weight is 291 g/mol. The van der Waals surface area contributed by atoms with Gasteiger partial charge in [0.1, 0.15) is 5.75 Å². The van der Waals surface area contributed by atoms with Crippen LogP contribution in [0.25, 0.3) is 0 Å². The monoisotopic (exact) mass is 291 g/mol. The molecule has 0 atom stereocenters. The van der Waals surface area contributed by atoms with E-state index in [9.17, 15) is 13.5 Å². The normalized spacial score (nSPS) is 11.2. The van der Waals surface area contributed by atoms with Crippen molar-refractivity contribution in [2.24, 2.45) is 0 Å². The Morgan fingerprint density at radius 2 is 1.80 bits per heavy atom. The molecule has 0 bridgehead atoms. The number of hydrogen-bond acceptors (Lipinski definition) is 3. The van der Waals surface area contributed by atoms with E-state index in [0.29, 0.717) is 5.69 Å². The average Bonchev–Trinajstić information content (AvgIpc) is 2.41. The molecule has 0 fully saturated rings. The number of sulfonamides is 1. The fraction of sp³-hybridized carbons (Fsp3) is 0.200. The van der Waals surface area contributed by atoms with E-state index in [2.05, 4.69) is 11.6 Å². The lowest BCUT2D eigenvalue weighted by molar-refractivity contribution is 0.473. The molecule has 2 aromatic rings. The molecule has 0 aliphatic carbocycles. The molecule has 0 heterocycles. The Bertz CT molecular complexity index is 679. The summed E-state index contributed by atoms with van der Waals surface area (Å²) in [6.07, 6.45) is 2.02. The van der Waals surface area contributed by atoms with Crippen LogP contribution in [0.4, 0.5) is 5.69 Å². The van der Waals surface area contributed by atoms with Gasteiger partial charge in [0.05, 0.1) is 4.90 Å². The molecular weight excluding hydrogens is 274 g/mol. The Kier molecular flexibility index (Phi) is 4.29. The molecule has 0 radical (unpaired) electrons. The van der Waals surface area contributed by atoms with Gasteiger partial charge in [0.2, 0.25) is 0 Å². The number of hydrogen-bond donors (Lipinski definition) is 2. The van der Waals surface area contributed by atoms with E-state index in [4.69, 9.17) is 0 Å². The lowest BCUT2D eigenvalue weighted by atomic mass is 10.1. The van der Waals surface area contributed by atoms with Gasteiger partial charge in [0, 0.05) is 11.8 Å². The van der Waals surface area contributed by atoms with Gasteiger partial charge in [-0.3, -0.25) is 4.72 Å². The van der Waals surface area contributed by atoms with E-state index in [0.717, 1.165) is 12.8 Å². The maximum Gasteiger partial charge on any atom is 0.262 e. The number of aromatic hydroxyl groups is 1. The topological polar surface area (TPSA) is 66.4 Å². The molecule has 5 heteroatoms. The van der Waals surface area contributed by atoms with Crippen LogP contribution in [-0.4, -0.2) is 13.5 Å². The third kappa shape index (κ3) is 3.51. The zero-order chi connectivity index (χ0) is 14.6. The SMILES string of the molecule is CCCc1ccc(NS(=O)(=O)c2cccc(O)c2)cc1. The summed E-state index contributed by atoms with van der Waals surface area (Å²) in [6, 6.07) is 12.9. The number of benzene rings is 2. The molecule has 2 aromatic carbocycles. The zero-order valence-corrected chi connectivity index (χ0v) is 12.0. The van der Waals surface area contributed by atoms with E-state index >= 15 is 0 Å². The van der Waals surface area contributed by atoms with Crippen LogP contribution in [0.5, 0.6) is 5.75 Å². The summed E-state index contributed by atoms with van der Waals surface area (Å²) in [5.41, 5.74) is 1.68. The molecular formula is C15H17NO3S. The Labute approximate surface area is 119 Å². The van der Waals surface area contributed by atoms with Crippen LogP contribution >= 0.6 is 0 Å². The molecule has 0 spiro atoms. The van der Waals surface area contributed by atoms with E-state index in [1.54, 1.807) is 12.1 Å². The lowest BCUT2D eigenvalue weighted by Crippen LogP contribution is -2.12. The fourth-order valence-corrected chi connectivity index (χ4v) is 2.99. The molecule has 2 N–H and O–H groups in total. The second-order valence-corrected chi connectivity index (χ2v) is 6.23. The van der Waals surface area contributed by atoms with Crippen molar-refractivity contribution in [3.05, 3.63) is 54.1 Å². The van der Waals surface area contributed by atoms with E-state index in [-0.39, 0.29) is 10.6 Å². The van der Waals surface area contributed by atoms with Crippen molar-refractivity contribution in [1.29, 1.82) is 0 Å². The first-order valence-corrected chi connectivity index (χ1v) is 7.90. The van der Waals surface area contributed by atoms with Crippen LogP contribution in [0.15, 0.2) is 53.4 Å². The predicted octanol–water partition coefficient (Wildman–Crippen LogP) is 3.15. The molecule has 20 heavy (non-hydrogen) atoms. The first-order chi connectivity index (χ1) is 9.51. The van der Waals surface area contributed by atoms with Crippen LogP contribution in [0, 0.1) is 0 Å². The predicted molar refractivity (Wildman–Crippen MR) is 79.4 cm³/mol. The van der Waals surface area contributed by atoms with Gasteiger partial charge < -0.3 is 5.11 Å². The van der Waals surface area contributed by atoms with Gasteiger partial charge in [0.25, 0.3) is 10.0 Å². The number of aryl methyl sites for hydroxylation is 1. The maximum atomic E-state index is 12.1. The van der Waals surface area contributed by atoms with Gasteiger partial charge in [-0.15, -0.1) is 0 Å². The van der Waals surface area contributed by atoms with Crippen LogP contribution in [0.1, 0.15) is 18.9 Å². The van der Waals surface area contributed by atoms with Crippen molar-refractivity contribution < 1.29 is 13.5 Å². The van der Waals surface area contributed by atoms with Crippen molar-refractivity contribution in [1.82, 2.24) is 0 Å². The second kappa shape index (κ2) is 5.96. The summed E-state index contributed by atoms with van der Waals surface area (Å²) < 4.78 is 26.8. The van der Waals surface area contributed by atoms with Crippen molar-refractivity contribution >= 4 is 15.7 Å². The quantitative estimate of drug-likeness (QED) is 0.889. The molecule has 0 aliphatic heterocycles. The standard InChI is InChI=1S/C15H17NO3S/c1-2-4-12-7-9-13(10-8-12)16-20(18,19)15-6-3-5-14(17)11-15/h3,5-11,16-17H,2,4H2,1H3. The fourth-order valence-electron chi connectivity index (χ4n) is 1.89. The maximum absolute atomic E-state index is 12.1. The van der Waals surface area contributed by atoms with Crippen LogP contribution in [0.3, 0.4) is 0 Å². The molecule has 4 nitrogen and oxygen atoms in total. The summed E-state index contributed by atoms with van der Waals surface area (Å²) >= 11 is 0. The van der Waals surface area contributed by atoms with E-state index in [1.807, 2.05) is 12.1 Å². The summed E-state index contributed by atoms with van der Waals surface area (Å²) in [7, 11) is -3.67. The molecule has 0 unspecified atom stereocenters. The van der Waals surface area contributed by atoms with Crippen molar-refractivity contribution in [2.45, 2.75) is 24.7 Å². The number of phenolic OH excluding ortho intramolecular Hbond substituents is 1. The van der Waals surface area contributed by atoms with E-state index in [1.165, 1.54) is 29.8 Å². The Morgan fingerprint density at radius 1 is 1.10 bits per heavy atom. The first-order valence-electron chi connectivity index (χ1n) is 6.42. The van der Waals surface area contributed by atoms with Gasteiger partial charge in [-0.25, -0.2) is 8.42 Å². The molecule has 0 saturated carbocycles. The highest BCUT2D eigenvalue weighted by Gasteiger charge is 2.14. The minimum atomic E-state index is -3.67. The van der Waals surface area contributed by atoms with Crippen LogP contribution in [-0.2, 0) is 16.4 Å². The van der Waals surface area contributed by atoms with Gasteiger partial charge in [-0.1, -0.05) is 31.5 Å². The van der Waals surface area contributed by atoms with Crippen LogP contribution in [0.2, 0.25) is 0 Å². The summed E-state index contributed by atoms with van der Waals surface area (Å²) in [4.78, 5) is 0.0372. The highest BCUT2D eigenvalue weighted by Crippen LogP contribution is 2.20. The molecule has 0 amide bonds. The smallest absolute Gasteiger partial charge is 0.262 e. The minimum Gasteiger partial charge on any atom is -0.508 e. The third-order valence-corrected chi connectivity index (χ3v) is 4.25. The zero-order valence-electron chi connectivity index (χ0n) is 11.2. The van der Waals surface area contributed by atoms with Crippen molar-refractivity contribution in [3.8, 4) is 5.75 Å². The van der Waals surface area contributed by atoms with Crippen LogP contribution < -0.4 is 4.72 Å². The Balaban J connectivity index is 2.20. The highest BCUT2D eigenvalue weighted by molar-refractivity contribution is 7.92. The molecule has 106 valence electrons. The number of rotatable bonds is 5. The van der Waals surface area contributed by atoms with E-state index < -0.39 is 10.0 Å². The Hall–Kier alpha value is -2.01. The number of phenols is 1. The number of anilines is 1. The molecule has 2 rings (SSSR count). The summed E-state index contributed by atoms with van der Waals surface area (Å²) in [6.45, 7) is 2.10. The number of nitrogens with one attached hydrogen (secondary N) is 1. The molecule has 0 aromatic heterocycles. The molecule has 0 saturated heterocycles. The van der Waals surface area contributed by atoms with Crippen molar-refractivity contribution in [2.75, 3.05) is 4.72 Å². The lowest BCUT2D eigenvalue weighted by Gasteiger charge is -2.09. The summed E-state index contributed by atoms with van der Waals surface area (Å²) in [5.74, 6) is -0.0776. The third-order valence-electron chi connectivity index (χ3n) is 2.87.